The van der Waals surface area contributed by atoms with E-state index in [4.69, 9.17) is 9.47 Å². The van der Waals surface area contributed by atoms with Gasteiger partial charge in [-0.2, -0.15) is 0 Å². The molecule has 0 spiro atoms. The van der Waals surface area contributed by atoms with Crippen molar-refractivity contribution in [3.63, 3.8) is 0 Å². The summed E-state index contributed by atoms with van der Waals surface area (Å²) in [6.45, 7) is 3.16. The van der Waals surface area contributed by atoms with Crippen molar-refractivity contribution >= 4 is 6.08 Å². The van der Waals surface area contributed by atoms with Crippen LogP contribution in [0.2, 0.25) is 0 Å². The van der Waals surface area contributed by atoms with Crippen LogP contribution < -0.4 is 9.47 Å². The molecule has 0 saturated heterocycles. The third-order valence-electron chi connectivity index (χ3n) is 1.67. The minimum atomic E-state index is 0.309. The minimum Gasteiger partial charge on any atom is -0.490 e. The molecule has 0 aromatic heterocycles. The molecule has 4 nitrogen and oxygen atoms in total. The summed E-state index contributed by atoms with van der Waals surface area (Å²) >= 11 is 0. The van der Waals surface area contributed by atoms with Crippen LogP contribution in [0.3, 0.4) is 0 Å². The van der Waals surface area contributed by atoms with E-state index in [1.54, 1.807) is 0 Å². The number of hydrogen-bond donors (Lipinski definition) is 0. The molecule has 0 bridgehead atoms. The van der Waals surface area contributed by atoms with Gasteiger partial charge in [0.15, 0.2) is 11.5 Å². The Labute approximate surface area is 88.5 Å². The van der Waals surface area contributed by atoms with E-state index in [1.165, 1.54) is 6.08 Å². The zero-order valence-electron chi connectivity index (χ0n) is 8.60. The van der Waals surface area contributed by atoms with Crippen LogP contribution in [-0.2, 0) is 4.79 Å². The van der Waals surface area contributed by atoms with Crippen LogP contribution in [0.1, 0.15) is 6.92 Å². The maximum Gasteiger partial charge on any atom is 0.235 e. The second-order valence-electron chi connectivity index (χ2n) is 2.70. The van der Waals surface area contributed by atoms with Gasteiger partial charge in [-0.05, 0) is 19.1 Å². The van der Waals surface area contributed by atoms with E-state index < -0.39 is 0 Å². The molecule has 0 aliphatic carbocycles. The van der Waals surface area contributed by atoms with Gasteiger partial charge in [-0.1, -0.05) is 12.1 Å². The van der Waals surface area contributed by atoms with Gasteiger partial charge in [-0.25, -0.2) is 9.79 Å². The van der Waals surface area contributed by atoms with Crippen LogP contribution in [0.5, 0.6) is 11.5 Å². The molecule has 0 unspecified atom stereocenters. The highest BCUT2D eigenvalue weighted by molar-refractivity contribution is 5.39. The number of para-hydroxylation sites is 2. The molecule has 0 saturated carbocycles. The lowest BCUT2D eigenvalue weighted by molar-refractivity contribution is 0.282. The summed E-state index contributed by atoms with van der Waals surface area (Å²) in [7, 11) is 0. The van der Waals surface area contributed by atoms with Gasteiger partial charge in [0.05, 0.1) is 13.2 Å². The summed E-state index contributed by atoms with van der Waals surface area (Å²) in [5.74, 6) is 1.37. The Hall–Kier alpha value is -1.80. The number of rotatable bonds is 6. The predicted molar refractivity (Wildman–Crippen MR) is 56.1 cm³/mol. The van der Waals surface area contributed by atoms with Gasteiger partial charge < -0.3 is 9.47 Å². The smallest absolute Gasteiger partial charge is 0.235 e. The van der Waals surface area contributed by atoms with Crippen molar-refractivity contribution < 1.29 is 14.3 Å². The molecular weight excluding hydrogens is 194 g/mol. The number of ether oxygens (including phenoxy) is 2. The molecule has 0 fully saturated rings. The van der Waals surface area contributed by atoms with Gasteiger partial charge in [0.2, 0.25) is 6.08 Å². The molecule has 0 aliphatic heterocycles. The summed E-state index contributed by atoms with van der Waals surface area (Å²) in [5, 5.41) is 0. The van der Waals surface area contributed by atoms with Gasteiger partial charge in [0.1, 0.15) is 6.61 Å². The Balaban J connectivity index is 2.54. The monoisotopic (exact) mass is 207 g/mol. The van der Waals surface area contributed by atoms with Gasteiger partial charge in [-0.3, -0.25) is 0 Å². The molecule has 0 aliphatic rings. The minimum absolute atomic E-state index is 0.309. The fourth-order valence-corrected chi connectivity index (χ4v) is 1.09. The number of carbonyl (C=O) groups excluding carboxylic acids is 1. The van der Waals surface area contributed by atoms with Crippen molar-refractivity contribution in [1.29, 1.82) is 0 Å². The van der Waals surface area contributed by atoms with Gasteiger partial charge >= 0.3 is 0 Å². The van der Waals surface area contributed by atoms with E-state index >= 15 is 0 Å². The lowest BCUT2D eigenvalue weighted by atomic mass is 10.3. The van der Waals surface area contributed by atoms with Crippen LogP contribution in [0, 0.1) is 0 Å². The molecule has 0 N–H and O–H groups in total. The standard InChI is InChI=1S/C11H13NO3/c1-2-14-10-5-3-4-6-11(10)15-8-7-12-9-13/h3-6H,2,7-8H2,1H3. The van der Waals surface area contributed by atoms with E-state index in [1.807, 2.05) is 31.2 Å². The SMILES string of the molecule is CCOc1ccccc1OCCN=C=O. The summed E-state index contributed by atoms with van der Waals surface area (Å²) in [4.78, 5) is 13.2. The van der Waals surface area contributed by atoms with Crippen molar-refractivity contribution in [1.82, 2.24) is 0 Å². The predicted octanol–water partition coefficient (Wildman–Crippen LogP) is 1.80. The van der Waals surface area contributed by atoms with Crippen LogP contribution in [0.4, 0.5) is 0 Å². The van der Waals surface area contributed by atoms with E-state index in [2.05, 4.69) is 4.99 Å². The number of aliphatic imine (C=N–C) groups is 1. The molecule has 0 radical (unpaired) electrons. The van der Waals surface area contributed by atoms with E-state index in [0.717, 1.165) is 0 Å². The normalized spacial score (nSPS) is 9.13. The average molecular weight is 207 g/mol. The third kappa shape index (κ3) is 3.83. The Kier molecular flexibility index (Phi) is 4.98. The summed E-state index contributed by atoms with van der Waals surface area (Å²) < 4.78 is 10.8. The zero-order chi connectivity index (χ0) is 10.9. The van der Waals surface area contributed by atoms with Crippen molar-refractivity contribution in [2.24, 2.45) is 4.99 Å². The summed E-state index contributed by atoms with van der Waals surface area (Å²) in [5.41, 5.74) is 0. The second-order valence-corrected chi connectivity index (χ2v) is 2.70. The first-order valence-electron chi connectivity index (χ1n) is 4.76. The first kappa shape index (κ1) is 11.3. The molecule has 80 valence electrons. The third-order valence-corrected chi connectivity index (χ3v) is 1.67. The zero-order valence-corrected chi connectivity index (χ0v) is 8.60. The number of nitrogens with zero attached hydrogens (tertiary/aromatic N) is 1. The molecular formula is C11H13NO3. The van der Waals surface area contributed by atoms with E-state index in [9.17, 15) is 4.79 Å². The summed E-state index contributed by atoms with van der Waals surface area (Å²) in [6.07, 6.45) is 1.46. The Morgan fingerprint density at radius 1 is 1.27 bits per heavy atom. The van der Waals surface area contributed by atoms with Crippen LogP contribution in [0.15, 0.2) is 29.3 Å². The van der Waals surface area contributed by atoms with Crippen molar-refractivity contribution in [2.75, 3.05) is 19.8 Å². The van der Waals surface area contributed by atoms with E-state index in [0.29, 0.717) is 31.3 Å². The van der Waals surface area contributed by atoms with Crippen LogP contribution in [0.25, 0.3) is 0 Å². The molecule has 0 heterocycles. The number of benzene rings is 1. The molecule has 15 heavy (non-hydrogen) atoms. The van der Waals surface area contributed by atoms with Crippen molar-refractivity contribution in [3.8, 4) is 11.5 Å². The molecule has 1 aromatic rings. The van der Waals surface area contributed by atoms with Crippen LogP contribution >= 0.6 is 0 Å². The first-order valence-corrected chi connectivity index (χ1v) is 4.76. The average Bonchev–Trinajstić information content (AvgIpc) is 2.27. The second kappa shape index (κ2) is 6.62. The fraction of sp³-hybridized carbons (Fsp3) is 0.364. The van der Waals surface area contributed by atoms with Crippen molar-refractivity contribution in [3.05, 3.63) is 24.3 Å². The lowest BCUT2D eigenvalue weighted by Gasteiger charge is -2.10. The van der Waals surface area contributed by atoms with Gasteiger partial charge in [0.25, 0.3) is 0 Å². The topological polar surface area (TPSA) is 47.9 Å². The Morgan fingerprint density at radius 2 is 1.93 bits per heavy atom. The largest absolute Gasteiger partial charge is 0.490 e. The molecule has 0 amide bonds. The summed E-state index contributed by atoms with van der Waals surface area (Å²) in [6, 6.07) is 7.39. The highest BCUT2D eigenvalue weighted by Crippen LogP contribution is 2.25. The van der Waals surface area contributed by atoms with Gasteiger partial charge in [-0.15, -0.1) is 0 Å². The lowest BCUT2D eigenvalue weighted by Crippen LogP contribution is -2.03. The van der Waals surface area contributed by atoms with Crippen molar-refractivity contribution in [2.45, 2.75) is 6.92 Å². The van der Waals surface area contributed by atoms with Crippen LogP contribution in [-0.4, -0.2) is 25.8 Å². The molecule has 4 heteroatoms. The maximum atomic E-state index is 9.81. The molecule has 0 atom stereocenters. The maximum absolute atomic E-state index is 9.81. The highest BCUT2D eigenvalue weighted by atomic mass is 16.5. The quantitative estimate of drug-likeness (QED) is 0.406. The molecule has 1 aromatic carbocycles. The highest BCUT2D eigenvalue weighted by Gasteiger charge is 2.01. The van der Waals surface area contributed by atoms with Gasteiger partial charge in [0, 0.05) is 0 Å². The number of hydrogen-bond acceptors (Lipinski definition) is 4. The Morgan fingerprint density at radius 3 is 2.53 bits per heavy atom. The van der Waals surface area contributed by atoms with E-state index in [-0.39, 0.29) is 0 Å². The fourth-order valence-electron chi connectivity index (χ4n) is 1.09. The Bertz CT molecular complexity index is 345. The number of isocyanates is 1. The molecule has 1 rings (SSSR count). The first-order chi connectivity index (χ1) is 7.38.